The van der Waals surface area contributed by atoms with Crippen molar-refractivity contribution in [3.05, 3.63) is 95.6 Å². The highest BCUT2D eigenvalue weighted by molar-refractivity contribution is 5.98. The van der Waals surface area contributed by atoms with Crippen LogP contribution in [-0.2, 0) is 4.79 Å². The van der Waals surface area contributed by atoms with Crippen molar-refractivity contribution >= 4 is 17.1 Å². The van der Waals surface area contributed by atoms with Gasteiger partial charge in [0.15, 0.2) is 6.61 Å². The molecule has 0 aliphatic heterocycles. The lowest BCUT2D eigenvalue weighted by atomic mass is 9.88. The minimum absolute atomic E-state index is 0.208. The molecule has 0 bridgehead atoms. The summed E-state index contributed by atoms with van der Waals surface area (Å²) in [5.74, 6) is -0.308. The second-order valence-electron chi connectivity index (χ2n) is 6.33. The van der Waals surface area contributed by atoms with Gasteiger partial charge in [0.2, 0.25) is 0 Å². The average Bonchev–Trinajstić information content (AvgIpc) is 2.72. The molecule has 0 radical (unpaired) electrons. The van der Waals surface area contributed by atoms with E-state index in [1.807, 2.05) is 48.5 Å². The van der Waals surface area contributed by atoms with Gasteiger partial charge in [-0.1, -0.05) is 61.5 Å². The Morgan fingerprint density at radius 1 is 0.857 bits per heavy atom. The molecule has 4 nitrogen and oxygen atoms in total. The Labute approximate surface area is 164 Å². The van der Waals surface area contributed by atoms with Gasteiger partial charge in [-0.3, -0.25) is 0 Å². The highest BCUT2D eigenvalue weighted by Crippen LogP contribution is 2.36. The van der Waals surface area contributed by atoms with Crippen LogP contribution in [0.25, 0.3) is 11.1 Å². The number of rotatable bonds is 7. The van der Waals surface area contributed by atoms with Crippen molar-refractivity contribution in [1.82, 2.24) is 0 Å². The van der Waals surface area contributed by atoms with E-state index in [9.17, 15) is 9.90 Å². The average molecular weight is 374 g/mol. The Balaban J connectivity index is 2.17. The first kappa shape index (κ1) is 19.2. The molecule has 0 amide bonds. The molecule has 3 rings (SSSR count). The molecule has 28 heavy (non-hydrogen) atoms. The smallest absolute Gasteiger partial charge is 0.341 e. The number of benzene rings is 3. The first-order valence-corrected chi connectivity index (χ1v) is 9.11. The molecular weight excluding hydrogens is 352 g/mol. The summed E-state index contributed by atoms with van der Waals surface area (Å²) in [7, 11) is 0. The topological polar surface area (TPSA) is 66.8 Å². The summed E-state index contributed by atoms with van der Waals surface area (Å²) in [5, 5.41) is 18.6. The van der Waals surface area contributed by atoms with Crippen molar-refractivity contribution in [2.45, 2.75) is 13.3 Å². The molecule has 0 aliphatic rings. The Kier molecular flexibility index (Phi) is 6.12. The summed E-state index contributed by atoms with van der Waals surface area (Å²) in [4.78, 5) is 10.8. The van der Waals surface area contributed by atoms with E-state index in [-0.39, 0.29) is 12.4 Å². The molecule has 4 heteroatoms. The van der Waals surface area contributed by atoms with E-state index in [2.05, 4.69) is 19.1 Å². The quantitative estimate of drug-likeness (QED) is 0.556. The van der Waals surface area contributed by atoms with Crippen molar-refractivity contribution in [2.24, 2.45) is 0 Å². The van der Waals surface area contributed by atoms with Crippen molar-refractivity contribution in [2.75, 3.05) is 6.61 Å². The summed E-state index contributed by atoms with van der Waals surface area (Å²) in [5.41, 5.74) is 5.18. The monoisotopic (exact) mass is 374 g/mol. The fraction of sp³-hybridized carbons (Fsp3) is 0.125. The fourth-order valence-electron chi connectivity index (χ4n) is 3.19. The minimum atomic E-state index is -1.02. The molecular formula is C24H22O4. The van der Waals surface area contributed by atoms with Crippen LogP contribution in [-0.4, -0.2) is 22.8 Å². The van der Waals surface area contributed by atoms with E-state index in [0.29, 0.717) is 5.75 Å². The van der Waals surface area contributed by atoms with Gasteiger partial charge in [0.25, 0.3) is 0 Å². The van der Waals surface area contributed by atoms with Crippen molar-refractivity contribution < 1.29 is 19.7 Å². The van der Waals surface area contributed by atoms with E-state index in [0.717, 1.165) is 34.3 Å². The van der Waals surface area contributed by atoms with Crippen LogP contribution in [0.3, 0.4) is 0 Å². The summed E-state index contributed by atoms with van der Waals surface area (Å²) >= 11 is 0. The number of carboxylic acids is 1. The van der Waals surface area contributed by atoms with Gasteiger partial charge in [-0.15, -0.1) is 0 Å². The fourth-order valence-corrected chi connectivity index (χ4v) is 3.19. The van der Waals surface area contributed by atoms with Crippen LogP contribution < -0.4 is 4.74 Å². The lowest BCUT2D eigenvalue weighted by molar-refractivity contribution is -0.139. The number of ether oxygens (including phenoxy) is 1. The summed E-state index contributed by atoms with van der Waals surface area (Å²) in [6.45, 7) is 1.72. The van der Waals surface area contributed by atoms with E-state index >= 15 is 0 Å². The molecule has 142 valence electrons. The maximum absolute atomic E-state index is 10.8. The van der Waals surface area contributed by atoms with Crippen LogP contribution in [0.2, 0.25) is 0 Å². The van der Waals surface area contributed by atoms with Gasteiger partial charge in [0, 0.05) is 0 Å². The van der Waals surface area contributed by atoms with Gasteiger partial charge >= 0.3 is 5.97 Å². The van der Waals surface area contributed by atoms with Crippen LogP contribution in [0.5, 0.6) is 11.5 Å². The van der Waals surface area contributed by atoms with Crippen LogP contribution in [0, 0.1) is 0 Å². The van der Waals surface area contributed by atoms with Gasteiger partial charge in [0.1, 0.15) is 11.5 Å². The van der Waals surface area contributed by atoms with E-state index in [1.54, 1.807) is 18.2 Å². The molecule has 0 saturated carbocycles. The molecule has 3 aromatic carbocycles. The first-order chi connectivity index (χ1) is 13.6. The lowest BCUT2D eigenvalue weighted by Gasteiger charge is -2.17. The van der Waals surface area contributed by atoms with Crippen LogP contribution >= 0.6 is 0 Å². The number of aromatic hydroxyl groups is 1. The number of carbonyl (C=O) groups is 1. The standard InChI is InChI=1S/C24H22O4/c1-2-22(17-7-4-3-5-8-17)24(18-11-13-20(25)14-12-18)19-9-6-10-21(15-19)28-16-23(26)27/h3-15,25H,2,16H2,1H3,(H,26,27). The zero-order valence-electron chi connectivity index (χ0n) is 15.6. The molecule has 3 aromatic rings. The molecule has 0 spiro atoms. The molecule has 0 heterocycles. The molecule has 0 saturated heterocycles. The number of phenolic OH excluding ortho intramolecular Hbond substituents is 1. The SMILES string of the molecule is CCC(=C(c1ccc(O)cc1)c1cccc(OCC(=O)O)c1)c1ccccc1. The Morgan fingerprint density at radius 2 is 1.54 bits per heavy atom. The van der Waals surface area contributed by atoms with E-state index < -0.39 is 5.97 Å². The third kappa shape index (κ3) is 4.60. The number of aliphatic carboxylic acids is 1. The molecule has 2 N–H and O–H groups in total. The summed E-state index contributed by atoms with van der Waals surface area (Å²) in [6, 6.07) is 24.7. The van der Waals surface area contributed by atoms with Crippen LogP contribution in [0.1, 0.15) is 30.0 Å². The lowest BCUT2D eigenvalue weighted by Crippen LogP contribution is -2.09. The van der Waals surface area contributed by atoms with E-state index in [4.69, 9.17) is 9.84 Å². The third-order valence-corrected chi connectivity index (χ3v) is 4.42. The number of allylic oxidation sites excluding steroid dienone is 1. The van der Waals surface area contributed by atoms with Crippen molar-refractivity contribution in [3.63, 3.8) is 0 Å². The third-order valence-electron chi connectivity index (χ3n) is 4.42. The molecule has 0 fully saturated rings. The normalized spacial score (nSPS) is 11.6. The second-order valence-corrected chi connectivity index (χ2v) is 6.33. The van der Waals surface area contributed by atoms with Gasteiger partial charge < -0.3 is 14.9 Å². The minimum Gasteiger partial charge on any atom is -0.508 e. The highest BCUT2D eigenvalue weighted by atomic mass is 16.5. The maximum atomic E-state index is 10.8. The van der Waals surface area contributed by atoms with Crippen LogP contribution in [0.4, 0.5) is 0 Å². The molecule has 0 aromatic heterocycles. The van der Waals surface area contributed by atoms with Gasteiger partial charge in [-0.25, -0.2) is 4.79 Å². The van der Waals surface area contributed by atoms with Crippen molar-refractivity contribution in [1.29, 1.82) is 0 Å². The summed E-state index contributed by atoms with van der Waals surface area (Å²) < 4.78 is 5.37. The highest BCUT2D eigenvalue weighted by Gasteiger charge is 2.14. The predicted molar refractivity (Wildman–Crippen MR) is 110 cm³/mol. The van der Waals surface area contributed by atoms with Gasteiger partial charge in [-0.05, 0) is 58.5 Å². The van der Waals surface area contributed by atoms with Gasteiger partial charge in [-0.2, -0.15) is 0 Å². The van der Waals surface area contributed by atoms with Crippen LogP contribution in [0.15, 0.2) is 78.9 Å². The molecule has 0 unspecified atom stereocenters. The summed E-state index contributed by atoms with van der Waals surface area (Å²) in [6.07, 6.45) is 0.806. The van der Waals surface area contributed by atoms with E-state index in [1.165, 1.54) is 0 Å². The predicted octanol–water partition coefficient (Wildman–Crippen LogP) is 5.22. The Hall–Kier alpha value is -3.53. The zero-order valence-corrected chi connectivity index (χ0v) is 15.6. The number of carboxylic acid groups (broad SMARTS) is 1. The van der Waals surface area contributed by atoms with Gasteiger partial charge in [0.05, 0.1) is 0 Å². The Morgan fingerprint density at radius 3 is 2.18 bits per heavy atom. The maximum Gasteiger partial charge on any atom is 0.341 e. The number of hydrogen-bond donors (Lipinski definition) is 2. The Bertz CT molecular complexity index is 973. The number of phenols is 1. The molecule has 0 aliphatic carbocycles. The van der Waals surface area contributed by atoms with Crippen molar-refractivity contribution in [3.8, 4) is 11.5 Å². The largest absolute Gasteiger partial charge is 0.508 e. The number of hydrogen-bond acceptors (Lipinski definition) is 3. The first-order valence-electron chi connectivity index (χ1n) is 9.11. The second kappa shape index (κ2) is 8.91. The zero-order chi connectivity index (χ0) is 19.9. The molecule has 0 atom stereocenters.